The van der Waals surface area contributed by atoms with E-state index in [-0.39, 0.29) is 0 Å². The Labute approximate surface area is 152 Å². The van der Waals surface area contributed by atoms with Gasteiger partial charge in [0.1, 0.15) is 11.5 Å². The standard InChI is InChI=1S/C21H19ClO3/c1-23-19-12-8-17(9-13-19)21(25-22,16-6-4-3-5-7-16)18-10-14-20(24-2)15-11-18/h3-15H,1-2H3. The van der Waals surface area contributed by atoms with Crippen molar-refractivity contribution in [3.05, 3.63) is 95.6 Å². The number of halogens is 1. The molecule has 128 valence electrons. The maximum Gasteiger partial charge on any atom is 0.165 e. The zero-order valence-electron chi connectivity index (χ0n) is 14.1. The minimum atomic E-state index is -0.943. The molecule has 0 saturated carbocycles. The van der Waals surface area contributed by atoms with Gasteiger partial charge in [-0.1, -0.05) is 54.6 Å². The number of rotatable bonds is 6. The van der Waals surface area contributed by atoms with Crippen molar-refractivity contribution in [2.24, 2.45) is 0 Å². The van der Waals surface area contributed by atoms with E-state index < -0.39 is 5.60 Å². The SMILES string of the molecule is COc1ccc(C(OCl)(c2ccccc2)c2ccc(OC)cc2)cc1. The van der Waals surface area contributed by atoms with Crippen LogP contribution in [-0.4, -0.2) is 14.2 Å². The molecule has 3 rings (SSSR count). The number of hydrogen-bond donors (Lipinski definition) is 0. The first-order valence-corrected chi connectivity index (χ1v) is 8.20. The van der Waals surface area contributed by atoms with Gasteiger partial charge in [-0.3, -0.25) is 4.29 Å². The second kappa shape index (κ2) is 7.60. The Hall–Kier alpha value is -2.49. The monoisotopic (exact) mass is 354 g/mol. The summed E-state index contributed by atoms with van der Waals surface area (Å²) < 4.78 is 16.2. The van der Waals surface area contributed by atoms with E-state index in [1.165, 1.54) is 0 Å². The Morgan fingerprint density at radius 2 is 1.00 bits per heavy atom. The third-order valence-corrected chi connectivity index (χ3v) is 4.52. The summed E-state index contributed by atoms with van der Waals surface area (Å²) in [5.74, 6) is 1.55. The van der Waals surface area contributed by atoms with Gasteiger partial charge in [-0.2, -0.15) is 0 Å². The minimum absolute atomic E-state index is 0.773. The molecule has 0 atom stereocenters. The van der Waals surface area contributed by atoms with Crippen LogP contribution in [0.3, 0.4) is 0 Å². The van der Waals surface area contributed by atoms with Crippen molar-refractivity contribution in [3.8, 4) is 11.5 Å². The highest BCUT2D eigenvalue weighted by Gasteiger charge is 2.38. The second-order valence-electron chi connectivity index (χ2n) is 5.58. The van der Waals surface area contributed by atoms with E-state index in [0.29, 0.717) is 0 Å². The summed E-state index contributed by atoms with van der Waals surface area (Å²) in [6, 6.07) is 25.3. The molecule has 0 aliphatic carbocycles. The van der Waals surface area contributed by atoms with E-state index in [0.717, 1.165) is 28.2 Å². The van der Waals surface area contributed by atoms with Crippen LogP contribution in [0.4, 0.5) is 0 Å². The van der Waals surface area contributed by atoms with Crippen LogP contribution in [0.25, 0.3) is 0 Å². The van der Waals surface area contributed by atoms with E-state index in [4.69, 9.17) is 25.6 Å². The van der Waals surface area contributed by atoms with Crippen LogP contribution in [0, 0.1) is 0 Å². The highest BCUT2D eigenvalue weighted by atomic mass is 35.5. The fourth-order valence-electron chi connectivity index (χ4n) is 2.96. The summed E-state index contributed by atoms with van der Waals surface area (Å²) in [6.07, 6.45) is 0. The van der Waals surface area contributed by atoms with Gasteiger partial charge in [-0.15, -0.1) is 0 Å². The maximum atomic E-state index is 6.11. The van der Waals surface area contributed by atoms with Crippen LogP contribution in [0.5, 0.6) is 11.5 Å². The van der Waals surface area contributed by atoms with E-state index in [1.54, 1.807) is 14.2 Å². The third-order valence-electron chi connectivity index (χ3n) is 4.29. The van der Waals surface area contributed by atoms with E-state index in [9.17, 15) is 0 Å². The molecule has 0 aliphatic heterocycles. The summed E-state index contributed by atoms with van der Waals surface area (Å²) in [5, 5.41) is 0. The Balaban J connectivity index is 2.21. The zero-order chi connectivity index (χ0) is 17.7. The molecule has 3 aromatic carbocycles. The average Bonchev–Trinajstić information content (AvgIpc) is 2.71. The molecular weight excluding hydrogens is 336 g/mol. The summed E-state index contributed by atoms with van der Waals surface area (Å²) in [6.45, 7) is 0. The maximum absolute atomic E-state index is 6.11. The molecule has 0 unspecified atom stereocenters. The molecule has 0 amide bonds. The molecule has 0 bridgehead atoms. The largest absolute Gasteiger partial charge is 0.497 e. The lowest BCUT2D eigenvalue weighted by molar-refractivity contribution is 0.175. The van der Waals surface area contributed by atoms with Crippen LogP contribution in [0.2, 0.25) is 0 Å². The van der Waals surface area contributed by atoms with Crippen molar-refractivity contribution in [1.29, 1.82) is 0 Å². The first kappa shape index (κ1) is 17.3. The summed E-state index contributed by atoms with van der Waals surface area (Å²) in [4.78, 5) is 0. The van der Waals surface area contributed by atoms with Gasteiger partial charge in [0.2, 0.25) is 0 Å². The highest BCUT2D eigenvalue weighted by Crippen LogP contribution is 2.42. The Morgan fingerprint density at radius 1 is 0.600 bits per heavy atom. The van der Waals surface area contributed by atoms with Gasteiger partial charge in [-0.25, -0.2) is 0 Å². The van der Waals surface area contributed by atoms with Crippen molar-refractivity contribution in [3.63, 3.8) is 0 Å². The van der Waals surface area contributed by atoms with Crippen molar-refractivity contribution in [2.45, 2.75) is 5.60 Å². The summed E-state index contributed by atoms with van der Waals surface area (Å²) >= 11 is 6.11. The summed E-state index contributed by atoms with van der Waals surface area (Å²) in [7, 11) is 3.28. The van der Waals surface area contributed by atoms with Gasteiger partial charge in [0.05, 0.1) is 26.1 Å². The molecule has 0 saturated heterocycles. The van der Waals surface area contributed by atoms with Crippen molar-refractivity contribution in [2.75, 3.05) is 14.2 Å². The predicted molar refractivity (Wildman–Crippen MR) is 99.3 cm³/mol. The van der Waals surface area contributed by atoms with Gasteiger partial charge in [0, 0.05) is 0 Å². The normalized spacial score (nSPS) is 11.2. The summed E-state index contributed by atoms with van der Waals surface area (Å²) in [5.41, 5.74) is 1.79. The quantitative estimate of drug-likeness (QED) is 0.572. The zero-order valence-corrected chi connectivity index (χ0v) is 14.9. The van der Waals surface area contributed by atoms with E-state index in [2.05, 4.69) is 0 Å². The van der Waals surface area contributed by atoms with E-state index in [1.807, 2.05) is 78.9 Å². The van der Waals surface area contributed by atoms with Crippen LogP contribution in [0.1, 0.15) is 16.7 Å². The fourth-order valence-corrected chi connectivity index (χ4v) is 3.23. The molecule has 0 fully saturated rings. The predicted octanol–water partition coefficient (Wildman–Crippen LogP) is 5.17. The van der Waals surface area contributed by atoms with Gasteiger partial charge in [-0.05, 0) is 41.0 Å². The molecule has 3 nitrogen and oxygen atoms in total. The van der Waals surface area contributed by atoms with E-state index >= 15 is 0 Å². The minimum Gasteiger partial charge on any atom is -0.497 e. The number of benzene rings is 3. The first-order chi connectivity index (χ1) is 12.2. The van der Waals surface area contributed by atoms with Crippen LogP contribution in [0.15, 0.2) is 78.9 Å². The second-order valence-corrected chi connectivity index (χ2v) is 5.74. The Kier molecular flexibility index (Phi) is 5.27. The molecule has 3 aromatic rings. The number of hydrogen-bond acceptors (Lipinski definition) is 3. The van der Waals surface area contributed by atoms with Crippen LogP contribution >= 0.6 is 11.9 Å². The topological polar surface area (TPSA) is 27.7 Å². The van der Waals surface area contributed by atoms with Crippen LogP contribution < -0.4 is 9.47 Å². The molecule has 0 heterocycles. The van der Waals surface area contributed by atoms with Gasteiger partial charge >= 0.3 is 0 Å². The van der Waals surface area contributed by atoms with Crippen molar-refractivity contribution >= 4 is 11.9 Å². The average molecular weight is 355 g/mol. The molecule has 0 aromatic heterocycles. The number of ether oxygens (including phenoxy) is 2. The molecule has 0 radical (unpaired) electrons. The third kappa shape index (κ3) is 3.21. The molecule has 25 heavy (non-hydrogen) atoms. The first-order valence-electron chi connectivity index (χ1n) is 7.89. The molecule has 4 heteroatoms. The lowest BCUT2D eigenvalue weighted by Crippen LogP contribution is -2.29. The Morgan fingerprint density at radius 3 is 1.36 bits per heavy atom. The number of methoxy groups -OCH3 is 2. The Bertz CT molecular complexity index is 751. The van der Waals surface area contributed by atoms with Gasteiger partial charge in [0.25, 0.3) is 0 Å². The van der Waals surface area contributed by atoms with Crippen molar-refractivity contribution in [1.82, 2.24) is 0 Å². The van der Waals surface area contributed by atoms with Gasteiger partial charge < -0.3 is 9.47 Å². The molecular formula is C21H19ClO3. The van der Waals surface area contributed by atoms with Crippen LogP contribution in [-0.2, 0) is 9.89 Å². The lowest BCUT2D eigenvalue weighted by atomic mass is 9.80. The van der Waals surface area contributed by atoms with Gasteiger partial charge in [0.15, 0.2) is 5.60 Å². The smallest absolute Gasteiger partial charge is 0.165 e. The van der Waals surface area contributed by atoms with Crippen molar-refractivity contribution < 1.29 is 13.8 Å². The molecule has 0 spiro atoms. The highest BCUT2D eigenvalue weighted by molar-refractivity contribution is 6.08. The lowest BCUT2D eigenvalue weighted by Gasteiger charge is -2.32. The molecule has 0 aliphatic rings. The fraction of sp³-hybridized carbons (Fsp3) is 0.143. The molecule has 0 N–H and O–H groups in total.